The molecule has 2 heteroatoms. The van der Waals surface area contributed by atoms with Crippen molar-refractivity contribution in [3.63, 3.8) is 0 Å². The first kappa shape index (κ1) is 16.6. The first-order valence-electron chi connectivity index (χ1n) is 7.10. The average Bonchev–Trinajstić information content (AvgIpc) is 2.28. The molecule has 0 spiro atoms. The highest BCUT2D eigenvalue weighted by Crippen LogP contribution is 2.17. The molecule has 0 atom stereocenters. The number of ketones is 1. The van der Waals surface area contributed by atoms with Gasteiger partial charge in [0, 0.05) is 24.9 Å². The van der Waals surface area contributed by atoms with Gasteiger partial charge in [-0.3, -0.25) is 4.79 Å². The smallest absolute Gasteiger partial charge is 0.139 e. The third-order valence-electron chi connectivity index (χ3n) is 3.61. The van der Waals surface area contributed by atoms with Crippen LogP contribution in [0.4, 0.5) is 0 Å². The van der Waals surface area contributed by atoms with Crippen LogP contribution in [-0.2, 0) is 4.79 Å². The molecule has 2 nitrogen and oxygen atoms in total. The van der Waals surface area contributed by atoms with Crippen LogP contribution < -0.4 is 0 Å². The van der Waals surface area contributed by atoms with Gasteiger partial charge in [-0.1, -0.05) is 54.4 Å². The lowest BCUT2D eigenvalue weighted by atomic mass is 9.89. The molecule has 0 aromatic rings. The highest BCUT2D eigenvalue weighted by atomic mass is 16.1. The van der Waals surface area contributed by atoms with Crippen LogP contribution in [0.2, 0.25) is 0 Å². The van der Waals surface area contributed by atoms with Gasteiger partial charge in [0.15, 0.2) is 0 Å². The first-order valence-corrected chi connectivity index (χ1v) is 7.10. The van der Waals surface area contributed by atoms with Gasteiger partial charge in [-0.25, -0.2) is 0 Å². The lowest BCUT2D eigenvalue weighted by Gasteiger charge is -2.26. The molecule has 0 aromatic carbocycles. The van der Waals surface area contributed by atoms with Crippen molar-refractivity contribution in [3.05, 3.63) is 0 Å². The maximum atomic E-state index is 11.9. The fourth-order valence-corrected chi connectivity index (χ4v) is 1.93. The van der Waals surface area contributed by atoms with Crippen molar-refractivity contribution in [1.29, 1.82) is 0 Å². The average molecular weight is 241 g/mol. The van der Waals surface area contributed by atoms with E-state index in [0.717, 1.165) is 25.6 Å². The fraction of sp³-hybridized carbons (Fsp3) is 0.933. The second-order valence-electron chi connectivity index (χ2n) is 6.00. The second-order valence-corrected chi connectivity index (χ2v) is 6.00. The van der Waals surface area contributed by atoms with Crippen molar-refractivity contribution in [2.45, 2.75) is 60.8 Å². The molecule has 0 amide bonds. The number of carbonyl (C=O) groups is 1. The van der Waals surface area contributed by atoms with Gasteiger partial charge in [-0.2, -0.15) is 0 Å². The number of carbonyl (C=O) groups excluding carboxylic acids is 1. The number of hydrogen-bond donors (Lipinski definition) is 0. The highest BCUT2D eigenvalue weighted by Gasteiger charge is 2.21. The van der Waals surface area contributed by atoms with Crippen LogP contribution in [0.15, 0.2) is 0 Å². The van der Waals surface area contributed by atoms with Crippen molar-refractivity contribution in [1.82, 2.24) is 4.90 Å². The molecule has 0 aliphatic carbocycles. The monoisotopic (exact) mass is 241 g/mol. The molecule has 0 fully saturated rings. The molecule has 0 N–H and O–H groups in total. The number of rotatable bonds is 8. The number of hydrogen-bond acceptors (Lipinski definition) is 2. The Kier molecular flexibility index (Phi) is 7.69. The van der Waals surface area contributed by atoms with Crippen molar-refractivity contribution in [2.24, 2.45) is 11.3 Å². The molecule has 0 saturated carbocycles. The van der Waals surface area contributed by atoms with Crippen molar-refractivity contribution in [3.8, 4) is 0 Å². The zero-order valence-corrected chi connectivity index (χ0v) is 12.7. The Balaban J connectivity index is 4.10. The summed E-state index contributed by atoms with van der Waals surface area (Å²) in [5.74, 6) is 1.15. The summed E-state index contributed by atoms with van der Waals surface area (Å²) in [5.41, 5.74) is -0.186. The van der Waals surface area contributed by atoms with Crippen molar-refractivity contribution in [2.75, 3.05) is 19.6 Å². The van der Waals surface area contributed by atoms with Gasteiger partial charge in [-0.15, -0.1) is 0 Å². The molecule has 0 aliphatic heterocycles. The van der Waals surface area contributed by atoms with Gasteiger partial charge in [0.2, 0.25) is 0 Å². The van der Waals surface area contributed by atoms with E-state index in [1.165, 1.54) is 12.8 Å². The topological polar surface area (TPSA) is 20.3 Å². The largest absolute Gasteiger partial charge is 0.303 e. The Morgan fingerprint density at radius 3 is 2.00 bits per heavy atom. The Bertz CT molecular complexity index is 213. The molecule has 0 aromatic heterocycles. The predicted octanol–water partition coefficient (Wildman–Crippen LogP) is 3.75. The normalized spacial score (nSPS) is 12.5. The summed E-state index contributed by atoms with van der Waals surface area (Å²) >= 11 is 0. The molecule has 0 radical (unpaired) electrons. The van der Waals surface area contributed by atoms with Crippen LogP contribution in [0.25, 0.3) is 0 Å². The van der Waals surface area contributed by atoms with E-state index in [9.17, 15) is 4.79 Å². The summed E-state index contributed by atoms with van der Waals surface area (Å²) in [6.45, 7) is 15.8. The molecule has 0 aliphatic rings. The quantitative estimate of drug-likeness (QED) is 0.645. The van der Waals surface area contributed by atoms with Gasteiger partial charge in [0.25, 0.3) is 0 Å². The molecule has 0 rings (SSSR count). The molecular formula is C15H31NO. The maximum Gasteiger partial charge on any atom is 0.139 e. The first-order chi connectivity index (χ1) is 7.85. The van der Waals surface area contributed by atoms with Crippen molar-refractivity contribution >= 4 is 5.78 Å². The van der Waals surface area contributed by atoms with E-state index in [0.29, 0.717) is 12.2 Å². The third kappa shape index (κ3) is 6.82. The molecule has 0 saturated heterocycles. The summed E-state index contributed by atoms with van der Waals surface area (Å²) in [6.07, 6.45) is 3.16. The van der Waals surface area contributed by atoms with E-state index in [2.05, 4.69) is 25.7 Å². The van der Waals surface area contributed by atoms with E-state index in [-0.39, 0.29) is 5.41 Å². The Morgan fingerprint density at radius 1 is 1.12 bits per heavy atom. The standard InChI is InChI=1S/C15H31NO/c1-7-13(8-2)12-16(9-3)11-10-14(17)15(4,5)6/h13H,7-12H2,1-6H3. The molecule has 0 bridgehead atoms. The number of Topliss-reactive ketones (excluding diaryl/α,β-unsaturated/α-hetero) is 1. The van der Waals surface area contributed by atoms with E-state index in [4.69, 9.17) is 0 Å². The molecular weight excluding hydrogens is 210 g/mol. The highest BCUT2D eigenvalue weighted by molar-refractivity contribution is 5.83. The van der Waals surface area contributed by atoms with Crippen LogP contribution in [0.1, 0.15) is 60.8 Å². The zero-order chi connectivity index (χ0) is 13.5. The fourth-order valence-electron chi connectivity index (χ4n) is 1.93. The van der Waals surface area contributed by atoms with Gasteiger partial charge >= 0.3 is 0 Å². The summed E-state index contributed by atoms with van der Waals surface area (Å²) in [7, 11) is 0. The molecule has 0 heterocycles. The van der Waals surface area contributed by atoms with Gasteiger partial charge in [0.05, 0.1) is 0 Å². The Morgan fingerprint density at radius 2 is 1.65 bits per heavy atom. The molecule has 17 heavy (non-hydrogen) atoms. The Hall–Kier alpha value is -0.370. The summed E-state index contributed by atoms with van der Waals surface area (Å²) < 4.78 is 0. The van der Waals surface area contributed by atoms with Crippen LogP contribution in [-0.4, -0.2) is 30.3 Å². The van der Waals surface area contributed by atoms with Gasteiger partial charge < -0.3 is 4.90 Å². The summed E-state index contributed by atoms with van der Waals surface area (Å²) in [5, 5.41) is 0. The van der Waals surface area contributed by atoms with E-state index >= 15 is 0 Å². The van der Waals surface area contributed by atoms with Crippen LogP contribution >= 0.6 is 0 Å². The molecule has 102 valence electrons. The van der Waals surface area contributed by atoms with Crippen molar-refractivity contribution < 1.29 is 4.79 Å². The maximum absolute atomic E-state index is 11.9. The Labute approximate surface area is 108 Å². The zero-order valence-electron chi connectivity index (χ0n) is 12.7. The molecule has 0 unspecified atom stereocenters. The SMILES string of the molecule is CCC(CC)CN(CC)CCC(=O)C(C)(C)C. The summed E-state index contributed by atoms with van der Waals surface area (Å²) in [6, 6.07) is 0. The van der Waals surface area contributed by atoms with Gasteiger partial charge in [0.1, 0.15) is 5.78 Å². The predicted molar refractivity (Wildman–Crippen MR) is 75.3 cm³/mol. The number of nitrogens with zero attached hydrogens (tertiary/aromatic N) is 1. The lowest BCUT2D eigenvalue weighted by molar-refractivity contribution is -0.126. The minimum atomic E-state index is -0.186. The third-order valence-corrected chi connectivity index (χ3v) is 3.61. The van der Waals surface area contributed by atoms with Gasteiger partial charge in [-0.05, 0) is 12.5 Å². The van der Waals surface area contributed by atoms with E-state index in [1.54, 1.807) is 0 Å². The van der Waals surface area contributed by atoms with E-state index < -0.39 is 0 Å². The lowest BCUT2D eigenvalue weighted by Crippen LogP contribution is -2.33. The minimum absolute atomic E-state index is 0.186. The van der Waals surface area contributed by atoms with E-state index in [1.807, 2.05) is 20.8 Å². The van der Waals surface area contributed by atoms with Crippen LogP contribution in [0, 0.1) is 11.3 Å². The summed E-state index contributed by atoms with van der Waals surface area (Å²) in [4.78, 5) is 14.3. The minimum Gasteiger partial charge on any atom is -0.303 e. The second kappa shape index (κ2) is 7.86. The van der Waals surface area contributed by atoms with Crippen LogP contribution in [0.3, 0.4) is 0 Å². The van der Waals surface area contributed by atoms with Crippen LogP contribution in [0.5, 0.6) is 0 Å².